The lowest BCUT2D eigenvalue weighted by Crippen LogP contribution is -2.87. The molecule has 22 heavy (non-hydrogen) atoms. The number of carbonyl (C=O) groups is 1. The summed E-state index contributed by atoms with van der Waals surface area (Å²) in [5.41, 5.74) is 1.39. The standard InChI is InChI=1S/C17H18BrFN2O/c1-2-15(12-7-9-13(18)10-8-12)20-11-17(22)21-16-6-4-3-5-14(16)19/h3-10,15,20H,2,11H2,1H3,(H,21,22)/p+1/t15-/m0/s1. The molecule has 1 amide bonds. The summed E-state index contributed by atoms with van der Waals surface area (Å²) >= 11 is 3.41. The normalized spacial score (nSPS) is 12.0. The summed E-state index contributed by atoms with van der Waals surface area (Å²) in [5.74, 6) is -0.628. The Hall–Kier alpha value is -1.72. The first-order valence-corrected chi connectivity index (χ1v) is 8.02. The molecule has 0 heterocycles. The van der Waals surface area contributed by atoms with E-state index in [2.05, 4.69) is 28.2 Å². The van der Waals surface area contributed by atoms with Crippen LogP contribution in [0, 0.1) is 5.82 Å². The van der Waals surface area contributed by atoms with E-state index in [1.54, 1.807) is 18.2 Å². The highest BCUT2D eigenvalue weighted by molar-refractivity contribution is 9.10. The van der Waals surface area contributed by atoms with Gasteiger partial charge in [-0.1, -0.05) is 47.1 Å². The van der Waals surface area contributed by atoms with Gasteiger partial charge in [-0.3, -0.25) is 4.79 Å². The summed E-state index contributed by atoms with van der Waals surface area (Å²) in [6, 6.07) is 14.5. The van der Waals surface area contributed by atoms with Crippen LogP contribution in [0.4, 0.5) is 10.1 Å². The van der Waals surface area contributed by atoms with Crippen LogP contribution in [-0.4, -0.2) is 12.5 Å². The maximum absolute atomic E-state index is 13.5. The average Bonchev–Trinajstić information content (AvgIpc) is 2.52. The van der Waals surface area contributed by atoms with Crippen molar-refractivity contribution in [2.24, 2.45) is 0 Å². The van der Waals surface area contributed by atoms with E-state index >= 15 is 0 Å². The Labute approximate surface area is 138 Å². The number of amides is 1. The molecule has 3 nitrogen and oxygen atoms in total. The fourth-order valence-corrected chi connectivity index (χ4v) is 2.53. The van der Waals surface area contributed by atoms with Crippen LogP contribution in [0.5, 0.6) is 0 Å². The lowest BCUT2D eigenvalue weighted by molar-refractivity contribution is -0.686. The van der Waals surface area contributed by atoms with Gasteiger partial charge >= 0.3 is 0 Å². The number of hydrogen-bond acceptors (Lipinski definition) is 1. The summed E-state index contributed by atoms with van der Waals surface area (Å²) < 4.78 is 14.5. The van der Waals surface area contributed by atoms with Crippen molar-refractivity contribution in [2.75, 3.05) is 11.9 Å². The van der Waals surface area contributed by atoms with Crippen molar-refractivity contribution in [2.45, 2.75) is 19.4 Å². The number of hydrogen-bond donors (Lipinski definition) is 2. The van der Waals surface area contributed by atoms with Gasteiger partial charge in [-0.05, 0) is 24.3 Å². The van der Waals surface area contributed by atoms with E-state index in [0.29, 0.717) is 0 Å². The number of rotatable bonds is 6. The highest BCUT2D eigenvalue weighted by Gasteiger charge is 2.15. The molecule has 0 bridgehead atoms. The molecule has 1 atom stereocenters. The number of halogens is 2. The zero-order valence-electron chi connectivity index (χ0n) is 12.4. The molecular weight excluding hydrogens is 347 g/mol. The monoisotopic (exact) mass is 365 g/mol. The van der Waals surface area contributed by atoms with Gasteiger partial charge in [-0.25, -0.2) is 4.39 Å². The lowest BCUT2D eigenvalue weighted by Gasteiger charge is -2.14. The summed E-state index contributed by atoms with van der Waals surface area (Å²) in [5, 5.41) is 4.57. The number of benzene rings is 2. The van der Waals surface area contributed by atoms with Crippen LogP contribution >= 0.6 is 15.9 Å². The lowest BCUT2D eigenvalue weighted by atomic mass is 10.0. The van der Waals surface area contributed by atoms with Crippen molar-refractivity contribution < 1.29 is 14.5 Å². The SMILES string of the molecule is CC[C@H]([NH2+]CC(=O)Nc1ccccc1F)c1ccc(Br)cc1. The van der Waals surface area contributed by atoms with Crippen molar-refractivity contribution in [3.63, 3.8) is 0 Å². The van der Waals surface area contributed by atoms with Gasteiger partial charge in [0.2, 0.25) is 0 Å². The summed E-state index contributed by atoms with van der Waals surface area (Å²) in [6.07, 6.45) is 0.911. The quantitative estimate of drug-likeness (QED) is 0.810. The maximum atomic E-state index is 13.5. The minimum atomic E-state index is -0.421. The van der Waals surface area contributed by atoms with Crippen LogP contribution in [0.3, 0.4) is 0 Å². The number of para-hydroxylation sites is 1. The van der Waals surface area contributed by atoms with Gasteiger partial charge in [0.05, 0.1) is 5.69 Å². The highest BCUT2D eigenvalue weighted by Crippen LogP contribution is 2.16. The average molecular weight is 366 g/mol. The van der Waals surface area contributed by atoms with Gasteiger partial charge in [-0.2, -0.15) is 0 Å². The predicted molar refractivity (Wildman–Crippen MR) is 89.0 cm³/mol. The Balaban J connectivity index is 1.91. The van der Waals surface area contributed by atoms with Crippen LogP contribution in [0.2, 0.25) is 0 Å². The summed E-state index contributed by atoms with van der Waals surface area (Å²) in [4.78, 5) is 12.0. The zero-order chi connectivity index (χ0) is 15.9. The minimum Gasteiger partial charge on any atom is -0.332 e. The maximum Gasteiger partial charge on any atom is 0.279 e. The van der Waals surface area contributed by atoms with E-state index in [1.165, 1.54) is 11.6 Å². The fourth-order valence-electron chi connectivity index (χ4n) is 2.26. The molecule has 0 spiro atoms. The molecule has 0 aliphatic heterocycles. The van der Waals surface area contributed by atoms with Crippen LogP contribution < -0.4 is 10.6 Å². The van der Waals surface area contributed by atoms with Crippen molar-refractivity contribution >= 4 is 27.5 Å². The second-order valence-corrected chi connectivity index (χ2v) is 5.95. The molecular formula is C17H19BrFN2O+. The van der Waals surface area contributed by atoms with E-state index in [0.717, 1.165) is 10.9 Å². The Morgan fingerprint density at radius 1 is 1.23 bits per heavy atom. The third kappa shape index (κ3) is 4.64. The van der Waals surface area contributed by atoms with Gasteiger partial charge in [-0.15, -0.1) is 0 Å². The topological polar surface area (TPSA) is 45.7 Å². The Bertz CT molecular complexity index is 631. The summed E-state index contributed by atoms with van der Waals surface area (Å²) in [7, 11) is 0. The van der Waals surface area contributed by atoms with E-state index in [-0.39, 0.29) is 24.2 Å². The number of nitrogens with one attached hydrogen (secondary N) is 1. The first-order valence-electron chi connectivity index (χ1n) is 7.23. The highest BCUT2D eigenvalue weighted by atomic mass is 79.9. The Morgan fingerprint density at radius 3 is 2.55 bits per heavy atom. The molecule has 0 aliphatic rings. The molecule has 3 N–H and O–H groups in total. The van der Waals surface area contributed by atoms with E-state index in [4.69, 9.17) is 0 Å². The van der Waals surface area contributed by atoms with Gasteiger partial charge < -0.3 is 10.6 Å². The van der Waals surface area contributed by atoms with Gasteiger partial charge in [0.1, 0.15) is 11.9 Å². The molecule has 0 fully saturated rings. The molecule has 0 radical (unpaired) electrons. The number of carbonyl (C=O) groups excluding carboxylic acids is 1. The van der Waals surface area contributed by atoms with Gasteiger partial charge in [0, 0.05) is 16.5 Å². The van der Waals surface area contributed by atoms with Gasteiger partial charge in [0.15, 0.2) is 6.54 Å². The first-order chi connectivity index (χ1) is 10.6. The second kappa shape index (κ2) is 8.06. The summed E-state index contributed by atoms with van der Waals surface area (Å²) in [6.45, 7) is 2.33. The minimum absolute atomic E-state index is 0.208. The van der Waals surface area contributed by atoms with Gasteiger partial charge in [0.25, 0.3) is 5.91 Å². The van der Waals surface area contributed by atoms with Crippen LogP contribution in [0.15, 0.2) is 53.0 Å². The molecule has 0 unspecified atom stereocenters. The van der Waals surface area contributed by atoms with Crippen molar-refractivity contribution in [1.82, 2.24) is 0 Å². The third-order valence-corrected chi connectivity index (χ3v) is 4.00. The third-order valence-electron chi connectivity index (χ3n) is 3.47. The molecule has 0 aliphatic carbocycles. The molecule has 5 heteroatoms. The van der Waals surface area contributed by atoms with Crippen LogP contribution in [0.1, 0.15) is 24.9 Å². The van der Waals surface area contributed by atoms with Crippen molar-refractivity contribution in [1.29, 1.82) is 0 Å². The molecule has 0 saturated carbocycles. The number of anilines is 1. The Kier molecular flexibility index (Phi) is 6.10. The molecule has 0 aromatic heterocycles. The van der Waals surface area contributed by atoms with Crippen LogP contribution in [-0.2, 0) is 4.79 Å². The molecule has 0 saturated heterocycles. The van der Waals surface area contributed by atoms with Crippen molar-refractivity contribution in [3.05, 3.63) is 64.4 Å². The largest absolute Gasteiger partial charge is 0.332 e. The first kappa shape index (κ1) is 16.6. The van der Waals surface area contributed by atoms with Crippen LogP contribution in [0.25, 0.3) is 0 Å². The number of nitrogens with two attached hydrogens (primary N) is 1. The van der Waals surface area contributed by atoms with E-state index in [1.807, 2.05) is 29.6 Å². The van der Waals surface area contributed by atoms with Crippen molar-refractivity contribution in [3.8, 4) is 0 Å². The smallest absolute Gasteiger partial charge is 0.279 e. The fraction of sp³-hybridized carbons (Fsp3) is 0.235. The second-order valence-electron chi connectivity index (χ2n) is 5.03. The molecule has 2 aromatic rings. The van der Waals surface area contributed by atoms with E-state index in [9.17, 15) is 9.18 Å². The Morgan fingerprint density at radius 2 is 1.91 bits per heavy atom. The predicted octanol–water partition coefficient (Wildman–Crippen LogP) is 3.24. The zero-order valence-corrected chi connectivity index (χ0v) is 13.9. The number of quaternary nitrogens is 1. The molecule has 116 valence electrons. The molecule has 2 rings (SSSR count). The van der Waals surface area contributed by atoms with E-state index < -0.39 is 5.82 Å². The molecule has 2 aromatic carbocycles.